The molecule has 14 heavy (non-hydrogen) atoms. The van der Waals surface area contributed by atoms with Crippen molar-refractivity contribution >= 4 is 12.6 Å². The third-order valence-electron chi connectivity index (χ3n) is 0.940. The van der Waals surface area contributed by atoms with Crippen LogP contribution in [0.5, 0.6) is 0 Å². The average Bonchev–Trinajstić information content (AvgIpc) is 2.26. The van der Waals surface area contributed by atoms with Gasteiger partial charge < -0.3 is 0 Å². The summed E-state index contributed by atoms with van der Waals surface area (Å²) in [5.41, 5.74) is 1.32. The standard InChI is InChI=1S/C7H8.C2H6S.2C2H6/c1-7-5-3-2-4-6-7;1-2-3;2*1-2/h2-6H,1H3;3H,2H2,1H3;2*1-2H3. The average molecular weight is 214 g/mol. The molecule has 1 aromatic rings. The van der Waals surface area contributed by atoms with Crippen molar-refractivity contribution in [2.24, 2.45) is 0 Å². The van der Waals surface area contributed by atoms with Crippen molar-refractivity contribution in [3.63, 3.8) is 0 Å². The SMILES string of the molecule is CC.CC.CCS.Cc1ccccc1. The van der Waals surface area contributed by atoms with Gasteiger partial charge in [0.1, 0.15) is 0 Å². The fraction of sp³-hybridized carbons (Fsp3) is 0.538. The second kappa shape index (κ2) is 22.9. The van der Waals surface area contributed by atoms with Crippen molar-refractivity contribution in [3.05, 3.63) is 35.9 Å². The minimum absolute atomic E-state index is 0.944. The smallest absolute Gasteiger partial charge is 0.0126 e. The molecule has 0 atom stereocenters. The number of benzene rings is 1. The van der Waals surface area contributed by atoms with Crippen molar-refractivity contribution < 1.29 is 0 Å². The number of thiol groups is 1. The topological polar surface area (TPSA) is 0 Å². The summed E-state index contributed by atoms with van der Waals surface area (Å²) >= 11 is 3.79. The van der Waals surface area contributed by atoms with Crippen LogP contribution in [0.2, 0.25) is 0 Å². The molecule has 0 unspecified atom stereocenters. The molecule has 0 aliphatic heterocycles. The number of rotatable bonds is 0. The maximum atomic E-state index is 3.79. The molecule has 0 saturated carbocycles. The van der Waals surface area contributed by atoms with Crippen molar-refractivity contribution in [1.29, 1.82) is 0 Å². The quantitative estimate of drug-likeness (QED) is 0.578. The van der Waals surface area contributed by atoms with Crippen molar-refractivity contribution in [2.45, 2.75) is 41.5 Å². The minimum Gasteiger partial charge on any atom is -0.180 e. The molecule has 0 aliphatic carbocycles. The van der Waals surface area contributed by atoms with Gasteiger partial charge in [0.15, 0.2) is 0 Å². The Hall–Kier alpha value is -0.430. The predicted octanol–water partition coefficient (Wildman–Crippen LogP) is 4.98. The predicted molar refractivity (Wildman–Crippen MR) is 73.4 cm³/mol. The van der Waals surface area contributed by atoms with Gasteiger partial charge in [-0.3, -0.25) is 0 Å². The van der Waals surface area contributed by atoms with Crippen LogP contribution in [0.1, 0.15) is 40.2 Å². The summed E-state index contributed by atoms with van der Waals surface area (Å²) in [6.45, 7) is 12.1. The zero-order valence-electron chi connectivity index (χ0n) is 10.5. The highest BCUT2D eigenvalue weighted by molar-refractivity contribution is 7.80. The van der Waals surface area contributed by atoms with E-state index >= 15 is 0 Å². The Morgan fingerprint density at radius 1 is 0.929 bits per heavy atom. The van der Waals surface area contributed by atoms with E-state index < -0.39 is 0 Å². The molecule has 0 nitrogen and oxygen atoms in total. The van der Waals surface area contributed by atoms with E-state index in [1.54, 1.807) is 0 Å². The van der Waals surface area contributed by atoms with Gasteiger partial charge in [-0.05, 0) is 12.7 Å². The molecule has 0 saturated heterocycles. The Morgan fingerprint density at radius 3 is 1.36 bits per heavy atom. The van der Waals surface area contributed by atoms with Gasteiger partial charge in [-0.1, -0.05) is 70.5 Å². The van der Waals surface area contributed by atoms with Crippen LogP contribution in [-0.2, 0) is 0 Å². The molecule has 0 aromatic heterocycles. The highest BCUT2D eigenvalue weighted by Gasteiger charge is 1.72. The first-order valence-electron chi connectivity index (χ1n) is 5.43. The maximum absolute atomic E-state index is 3.79. The third kappa shape index (κ3) is 22.6. The van der Waals surface area contributed by atoms with Crippen molar-refractivity contribution in [2.75, 3.05) is 5.75 Å². The molecule has 0 spiro atoms. The van der Waals surface area contributed by atoms with Gasteiger partial charge in [0.25, 0.3) is 0 Å². The zero-order chi connectivity index (χ0) is 11.8. The molecule has 0 fully saturated rings. The van der Waals surface area contributed by atoms with E-state index in [1.807, 2.05) is 52.8 Å². The Morgan fingerprint density at radius 2 is 1.21 bits per heavy atom. The fourth-order valence-electron chi connectivity index (χ4n) is 0.534. The van der Waals surface area contributed by atoms with E-state index in [0.29, 0.717) is 0 Å². The van der Waals surface area contributed by atoms with E-state index in [2.05, 4.69) is 31.7 Å². The minimum atomic E-state index is 0.944. The second-order valence-electron chi connectivity index (χ2n) is 1.97. The molecule has 0 radical (unpaired) electrons. The highest BCUT2D eigenvalue weighted by Crippen LogP contribution is 1.92. The van der Waals surface area contributed by atoms with Gasteiger partial charge in [0.2, 0.25) is 0 Å². The third-order valence-corrected chi connectivity index (χ3v) is 0.940. The second-order valence-corrected chi connectivity index (χ2v) is 2.60. The lowest BCUT2D eigenvalue weighted by Crippen LogP contribution is -1.62. The van der Waals surface area contributed by atoms with Gasteiger partial charge in [0, 0.05) is 0 Å². The van der Waals surface area contributed by atoms with Gasteiger partial charge in [-0.25, -0.2) is 0 Å². The van der Waals surface area contributed by atoms with Gasteiger partial charge in [-0.15, -0.1) is 0 Å². The Bertz CT molecular complexity index is 147. The van der Waals surface area contributed by atoms with Crippen molar-refractivity contribution in [1.82, 2.24) is 0 Å². The first kappa shape index (κ1) is 19.2. The van der Waals surface area contributed by atoms with Crippen LogP contribution in [0.3, 0.4) is 0 Å². The van der Waals surface area contributed by atoms with Crippen LogP contribution in [-0.4, -0.2) is 5.75 Å². The maximum Gasteiger partial charge on any atom is -0.0126 e. The van der Waals surface area contributed by atoms with Gasteiger partial charge in [-0.2, -0.15) is 12.6 Å². The van der Waals surface area contributed by atoms with Crippen LogP contribution in [0.15, 0.2) is 30.3 Å². The van der Waals surface area contributed by atoms with Crippen LogP contribution in [0.25, 0.3) is 0 Å². The molecule has 1 heteroatoms. The van der Waals surface area contributed by atoms with Gasteiger partial charge in [0.05, 0.1) is 0 Å². The summed E-state index contributed by atoms with van der Waals surface area (Å²) in [6.07, 6.45) is 0. The monoisotopic (exact) mass is 214 g/mol. The lowest BCUT2D eigenvalue weighted by atomic mass is 10.2. The normalized spacial score (nSPS) is 6.50. The molecule has 0 aliphatic rings. The molecular formula is C13H26S. The molecule has 0 bridgehead atoms. The van der Waals surface area contributed by atoms with E-state index in [1.165, 1.54) is 5.56 Å². The summed E-state index contributed by atoms with van der Waals surface area (Å²) in [5.74, 6) is 0.944. The molecule has 0 amide bonds. The van der Waals surface area contributed by atoms with Crippen LogP contribution in [0, 0.1) is 6.92 Å². The molecule has 1 rings (SSSR count). The molecule has 0 N–H and O–H groups in total. The first-order valence-corrected chi connectivity index (χ1v) is 6.07. The molecular weight excluding hydrogens is 188 g/mol. The number of hydrogen-bond acceptors (Lipinski definition) is 1. The van der Waals surface area contributed by atoms with E-state index in [4.69, 9.17) is 0 Å². The lowest BCUT2D eigenvalue weighted by molar-refractivity contribution is 1.48. The summed E-state index contributed by atoms with van der Waals surface area (Å²) < 4.78 is 0. The molecule has 84 valence electrons. The summed E-state index contributed by atoms with van der Waals surface area (Å²) in [7, 11) is 0. The van der Waals surface area contributed by atoms with Crippen LogP contribution in [0.4, 0.5) is 0 Å². The van der Waals surface area contributed by atoms with E-state index in [0.717, 1.165) is 5.75 Å². The number of aryl methyl sites for hydroxylation is 1. The fourth-order valence-corrected chi connectivity index (χ4v) is 0.534. The van der Waals surface area contributed by atoms with Crippen molar-refractivity contribution in [3.8, 4) is 0 Å². The highest BCUT2D eigenvalue weighted by atomic mass is 32.1. The lowest BCUT2D eigenvalue weighted by Gasteiger charge is -1.82. The Balaban J connectivity index is -0.000000148. The van der Waals surface area contributed by atoms with Crippen LogP contribution < -0.4 is 0 Å². The van der Waals surface area contributed by atoms with E-state index in [-0.39, 0.29) is 0 Å². The van der Waals surface area contributed by atoms with Gasteiger partial charge >= 0.3 is 0 Å². The Labute approximate surface area is 96.2 Å². The van der Waals surface area contributed by atoms with Crippen LogP contribution >= 0.6 is 12.6 Å². The Kier molecular flexibility index (Phi) is 31.4. The summed E-state index contributed by atoms with van der Waals surface area (Å²) in [6, 6.07) is 10.3. The summed E-state index contributed by atoms with van der Waals surface area (Å²) in [5, 5.41) is 0. The molecule has 1 aromatic carbocycles. The summed E-state index contributed by atoms with van der Waals surface area (Å²) in [4.78, 5) is 0. The molecule has 0 heterocycles. The first-order chi connectivity index (χ1) is 6.81. The zero-order valence-corrected chi connectivity index (χ0v) is 11.4. The number of hydrogen-bond donors (Lipinski definition) is 1. The van der Waals surface area contributed by atoms with E-state index in [9.17, 15) is 0 Å². The largest absolute Gasteiger partial charge is 0.180 e.